The van der Waals surface area contributed by atoms with Gasteiger partial charge in [-0.3, -0.25) is 4.57 Å². The van der Waals surface area contributed by atoms with E-state index in [9.17, 15) is 0 Å². The summed E-state index contributed by atoms with van der Waals surface area (Å²) in [6, 6.07) is 65.4. The van der Waals surface area contributed by atoms with Crippen molar-refractivity contribution in [3.8, 4) is 45.5 Å². The van der Waals surface area contributed by atoms with Gasteiger partial charge in [-0.2, -0.15) is 9.97 Å². The Kier molecular flexibility index (Phi) is 6.83. The summed E-state index contributed by atoms with van der Waals surface area (Å²) in [4.78, 5) is 15.8. The fourth-order valence-corrected chi connectivity index (χ4v) is 8.65. The van der Waals surface area contributed by atoms with Crippen molar-refractivity contribution in [2.45, 2.75) is 0 Å². The lowest BCUT2D eigenvalue weighted by Gasteiger charge is -2.13. The molecule has 0 saturated carbocycles. The number of fused-ring (bicyclic) bond motifs is 10. The molecule has 0 bridgehead atoms. The lowest BCUT2D eigenvalue weighted by atomic mass is 10.0. The number of hydrogen-bond donors (Lipinski definition) is 0. The molecule has 0 aliphatic heterocycles. The lowest BCUT2D eigenvalue weighted by Crippen LogP contribution is -2.07. The maximum atomic E-state index is 6.69. The van der Waals surface area contributed by atoms with E-state index in [1.807, 2.05) is 36.4 Å². The van der Waals surface area contributed by atoms with Crippen LogP contribution in [0, 0.1) is 0 Å². The Bertz CT molecular complexity index is 3510. The normalized spacial score (nSPS) is 11.9. The Hall–Kier alpha value is -7.83. The van der Waals surface area contributed by atoms with Crippen LogP contribution in [0.25, 0.3) is 111 Å². The predicted octanol–water partition coefficient (Wildman–Crippen LogP) is 13.0. The summed E-state index contributed by atoms with van der Waals surface area (Å²) in [5.74, 6) is 1.69. The van der Waals surface area contributed by atoms with Crippen LogP contribution >= 0.6 is 0 Å². The molecule has 0 amide bonds. The highest BCUT2D eigenvalue weighted by Gasteiger charge is 2.24. The molecule has 6 nitrogen and oxygen atoms in total. The molecule has 0 aliphatic rings. The van der Waals surface area contributed by atoms with Gasteiger partial charge in [0.05, 0.1) is 22.1 Å². The third-order valence-electron chi connectivity index (χ3n) is 11.2. The van der Waals surface area contributed by atoms with Crippen LogP contribution in [-0.4, -0.2) is 24.1 Å². The Morgan fingerprint density at radius 2 is 0.912 bits per heavy atom. The number of hydrogen-bond acceptors (Lipinski definition) is 4. The van der Waals surface area contributed by atoms with Gasteiger partial charge in [-0.15, -0.1) is 0 Å². The van der Waals surface area contributed by atoms with Crippen LogP contribution in [0.4, 0.5) is 0 Å². The highest BCUT2D eigenvalue weighted by molar-refractivity contribution is 6.23. The average molecular weight is 730 g/mol. The molecule has 0 aliphatic carbocycles. The smallest absolute Gasteiger partial charge is 0.238 e. The van der Waals surface area contributed by atoms with Gasteiger partial charge in [-0.1, -0.05) is 152 Å². The first kappa shape index (κ1) is 31.5. The molecule has 0 fully saturated rings. The zero-order valence-corrected chi connectivity index (χ0v) is 30.5. The van der Waals surface area contributed by atoms with E-state index in [-0.39, 0.29) is 0 Å². The van der Waals surface area contributed by atoms with E-state index in [4.69, 9.17) is 19.4 Å². The number of para-hydroxylation sites is 4. The second-order valence-corrected chi connectivity index (χ2v) is 14.4. The summed E-state index contributed by atoms with van der Waals surface area (Å²) in [6.07, 6.45) is 0. The summed E-state index contributed by atoms with van der Waals surface area (Å²) >= 11 is 0. The van der Waals surface area contributed by atoms with Crippen molar-refractivity contribution in [3.05, 3.63) is 188 Å². The average Bonchev–Trinajstić information content (AvgIpc) is 3.95. The summed E-state index contributed by atoms with van der Waals surface area (Å²) in [7, 11) is 0. The van der Waals surface area contributed by atoms with Crippen molar-refractivity contribution in [2.75, 3.05) is 0 Å². The molecule has 0 unspecified atom stereocenters. The summed E-state index contributed by atoms with van der Waals surface area (Å²) in [5, 5.41) is 6.71. The molecule has 8 aromatic carbocycles. The maximum Gasteiger partial charge on any atom is 0.238 e. The second kappa shape index (κ2) is 12.3. The summed E-state index contributed by atoms with van der Waals surface area (Å²) < 4.78 is 11.3. The van der Waals surface area contributed by atoms with Gasteiger partial charge in [-0.25, -0.2) is 4.98 Å². The van der Waals surface area contributed by atoms with Crippen molar-refractivity contribution in [2.24, 2.45) is 0 Å². The highest BCUT2D eigenvalue weighted by Crippen LogP contribution is 2.42. The van der Waals surface area contributed by atoms with E-state index in [0.717, 1.165) is 88.1 Å². The fraction of sp³-hybridized carbons (Fsp3) is 0. The number of furan rings is 1. The molecule has 0 saturated heterocycles. The Morgan fingerprint density at radius 1 is 0.368 bits per heavy atom. The van der Waals surface area contributed by atoms with Crippen molar-refractivity contribution >= 4 is 65.6 Å². The molecule has 12 aromatic rings. The minimum Gasteiger partial charge on any atom is -0.455 e. The van der Waals surface area contributed by atoms with Crippen molar-refractivity contribution in [1.29, 1.82) is 0 Å². The molecule has 4 aromatic heterocycles. The lowest BCUT2D eigenvalue weighted by molar-refractivity contribution is 0.670. The fourth-order valence-electron chi connectivity index (χ4n) is 8.65. The zero-order chi connectivity index (χ0) is 37.5. The molecule has 12 rings (SSSR count). The quantitative estimate of drug-likeness (QED) is 0.177. The van der Waals surface area contributed by atoms with Crippen molar-refractivity contribution < 1.29 is 4.42 Å². The predicted molar refractivity (Wildman–Crippen MR) is 232 cm³/mol. The van der Waals surface area contributed by atoms with Gasteiger partial charge in [0.2, 0.25) is 5.95 Å². The summed E-state index contributed by atoms with van der Waals surface area (Å²) in [5.41, 5.74) is 10.9. The van der Waals surface area contributed by atoms with Gasteiger partial charge in [-0.05, 0) is 42.0 Å². The van der Waals surface area contributed by atoms with Crippen LogP contribution in [0.15, 0.2) is 192 Å². The molecule has 57 heavy (non-hydrogen) atoms. The topological polar surface area (TPSA) is 61.7 Å². The largest absolute Gasteiger partial charge is 0.455 e. The molecule has 6 heteroatoms. The first-order chi connectivity index (χ1) is 28.3. The molecule has 266 valence electrons. The maximum absolute atomic E-state index is 6.69. The first-order valence-corrected chi connectivity index (χ1v) is 19.1. The van der Waals surface area contributed by atoms with Crippen LogP contribution in [0.5, 0.6) is 0 Å². The van der Waals surface area contributed by atoms with Crippen LogP contribution in [0.2, 0.25) is 0 Å². The van der Waals surface area contributed by atoms with E-state index in [1.165, 1.54) is 5.39 Å². The van der Waals surface area contributed by atoms with Gasteiger partial charge < -0.3 is 8.98 Å². The molecule has 0 N–H and O–H groups in total. The SMILES string of the molecule is c1ccc(-c2nc(-c3ccc4c(c3)oc3c(-c5ccccc5)cccc34)nc(-n3c4ccccc4c4ccc5c6ccccc6n(-c6ccccc6)c5c43)n2)cc1. The third kappa shape index (κ3) is 4.81. The van der Waals surface area contributed by atoms with E-state index in [2.05, 4.69) is 161 Å². The number of rotatable bonds is 5. The van der Waals surface area contributed by atoms with E-state index in [0.29, 0.717) is 17.6 Å². The van der Waals surface area contributed by atoms with Crippen molar-refractivity contribution in [3.63, 3.8) is 0 Å². The number of aromatic nitrogens is 5. The molecular formula is C51H31N5O. The second-order valence-electron chi connectivity index (χ2n) is 14.4. The van der Waals surface area contributed by atoms with Crippen LogP contribution in [0.3, 0.4) is 0 Å². The van der Waals surface area contributed by atoms with Gasteiger partial charge in [0.1, 0.15) is 11.2 Å². The van der Waals surface area contributed by atoms with Crippen LogP contribution < -0.4 is 0 Å². The minimum atomic E-state index is 0.540. The van der Waals surface area contributed by atoms with Gasteiger partial charge in [0.25, 0.3) is 0 Å². The Balaban J connectivity index is 1.16. The highest BCUT2D eigenvalue weighted by atomic mass is 16.3. The van der Waals surface area contributed by atoms with Gasteiger partial charge in [0, 0.05) is 54.7 Å². The van der Waals surface area contributed by atoms with Crippen LogP contribution in [0.1, 0.15) is 0 Å². The summed E-state index contributed by atoms with van der Waals surface area (Å²) in [6.45, 7) is 0. The molecule has 0 spiro atoms. The van der Waals surface area contributed by atoms with E-state index < -0.39 is 0 Å². The monoisotopic (exact) mass is 729 g/mol. The molecule has 4 heterocycles. The first-order valence-electron chi connectivity index (χ1n) is 19.1. The number of benzene rings is 8. The zero-order valence-electron chi connectivity index (χ0n) is 30.5. The Morgan fingerprint density at radius 3 is 1.61 bits per heavy atom. The third-order valence-corrected chi connectivity index (χ3v) is 11.2. The standard InChI is InChI=1S/C51H31N5O/c1-4-15-32(16-5-1)36-23-14-24-42-39-28-27-34(31-45(39)57-48(36)42)50-52-49(33-17-6-2-7-18-33)53-51(54-50)56-44-26-13-11-22-38(44)41-30-29-40-37-21-10-12-25-43(37)55(46(40)47(41)56)35-19-8-3-9-20-35/h1-31H. The Labute approximate surface area is 326 Å². The van der Waals surface area contributed by atoms with E-state index in [1.54, 1.807) is 0 Å². The van der Waals surface area contributed by atoms with Gasteiger partial charge >= 0.3 is 0 Å². The molecule has 0 atom stereocenters. The van der Waals surface area contributed by atoms with E-state index >= 15 is 0 Å². The van der Waals surface area contributed by atoms with Crippen LogP contribution in [-0.2, 0) is 0 Å². The van der Waals surface area contributed by atoms with Gasteiger partial charge in [0.15, 0.2) is 11.6 Å². The minimum absolute atomic E-state index is 0.540. The molecular weight excluding hydrogens is 699 g/mol. The number of nitrogens with zero attached hydrogens (tertiary/aromatic N) is 5. The molecule has 0 radical (unpaired) electrons. The van der Waals surface area contributed by atoms with Crippen molar-refractivity contribution in [1.82, 2.24) is 24.1 Å².